The Balaban J connectivity index is 2.32. The van der Waals surface area contributed by atoms with E-state index in [-0.39, 0.29) is 5.82 Å². The molecular weight excluding hydrogens is 266 g/mol. The molecular formula is C11H13N5O4. The number of aromatic amines is 1. The minimum atomic E-state index is -1.87. The van der Waals surface area contributed by atoms with Crippen molar-refractivity contribution >= 4 is 23.0 Å². The summed E-state index contributed by atoms with van der Waals surface area (Å²) in [5.41, 5.74) is -2.95. The van der Waals surface area contributed by atoms with E-state index < -0.39 is 23.3 Å². The maximum absolute atomic E-state index is 11.4. The van der Waals surface area contributed by atoms with Crippen molar-refractivity contribution in [2.24, 2.45) is 0 Å². The van der Waals surface area contributed by atoms with Crippen LogP contribution in [0.5, 0.6) is 0 Å². The normalized spacial score (nSPS) is 32.7. The Hall–Kier alpha value is -2.26. The fraction of sp³-hybridized carbons (Fsp3) is 0.455. The predicted octanol–water partition coefficient (Wildman–Crippen LogP) is -2.79. The van der Waals surface area contributed by atoms with Crippen LogP contribution in [-0.4, -0.2) is 42.8 Å². The molecule has 1 aliphatic rings. The third kappa shape index (κ3) is 1.38. The number of aromatic nitrogens is 4. The fourth-order valence-electron chi connectivity index (χ4n) is 2.47. The number of hydrogen-bond donors (Lipinski definition) is 4. The molecule has 4 N–H and O–H groups in total. The first-order valence-electron chi connectivity index (χ1n) is 5.93. The van der Waals surface area contributed by atoms with Gasteiger partial charge in [0, 0.05) is 6.92 Å². The first-order chi connectivity index (χ1) is 9.28. The second-order valence-electron chi connectivity index (χ2n) is 5.18. The highest BCUT2D eigenvalue weighted by atomic mass is 16.4. The van der Waals surface area contributed by atoms with E-state index in [1.54, 1.807) is 0 Å². The third-order valence-corrected chi connectivity index (χ3v) is 3.75. The molecule has 3 heterocycles. The maximum atomic E-state index is 11.4. The van der Waals surface area contributed by atoms with E-state index >= 15 is 0 Å². The lowest BCUT2D eigenvalue weighted by atomic mass is 9.85. The number of carboxylic acids is 1. The molecule has 0 bridgehead atoms. The molecule has 9 nitrogen and oxygen atoms in total. The summed E-state index contributed by atoms with van der Waals surface area (Å²) >= 11 is 0. The van der Waals surface area contributed by atoms with Crippen LogP contribution in [0.2, 0.25) is 0 Å². The van der Waals surface area contributed by atoms with E-state index in [2.05, 4.69) is 20.3 Å². The third-order valence-electron chi connectivity index (χ3n) is 3.75. The Morgan fingerprint density at radius 2 is 2.20 bits per heavy atom. The first kappa shape index (κ1) is 12.8. The number of hydrogen-bond acceptors (Lipinski definition) is 7. The van der Waals surface area contributed by atoms with Crippen LogP contribution in [0, 0.1) is 0 Å². The summed E-state index contributed by atoms with van der Waals surface area (Å²) in [4.78, 5) is 22.2. The monoisotopic (exact) mass is 279 g/mol. The summed E-state index contributed by atoms with van der Waals surface area (Å²) in [6, 6.07) is 0. The van der Waals surface area contributed by atoms with Gasteiger partial charge in [-0.15, -0.1) is 0 Å². The Morgan fingerprint density at radius 3 is 2.85 bits per heavy atom. The van der Waals surface area contributed by atoms with Crippen molar-refractivity contribution in [1.29, 1.82) is 0 Å². The topological polar surface area (TPSA) is 138 Å². The second-order valence-corrected chi connectivity index (χ2v) is 5.18. The first-order valence-corrected chi connectivity index (χ1v) is 5.93. The average Bonchev–Trinajstić information content (AvgIpc) is 2.84. The summed E-state index contributed by atoms with van der Waals surface area (Å²) < 4.78 is 1.25. The van der Waals surface area contributed by atoms with Gasteiger partial charge in [0.2, 0.25) is 12.1 Å². The molecule has 3 rings (SSSR count). The number of nitrogens with one attached hydrogen (secondary N) is 2. The van der Waals surface area contributed by atoms with Gasteiger partial charge in [-0.05, 0) is 6.92 Å². The van der Waals surface area contributed by atoms with Crippen LogP contribution in [0.3, 0.4) is 0 Å². The molecule has 0 radical (unpaired) electrons. The van der Waals surface area contributed by atoms with Crippen molar-refractivity contribution in [3.05, 3.63) is 12.7 Å². The molecule has 20 heavy (non-hydrogen) atoms. The van der Waals surface area contributed by atoms with Gasteiger partial charge in [-0.25, -0.2) is 9.55 Å². The Kier molecular flexibility index (Phi) is 2.32. The summed E-state index contributed by atoms with van der Waals surface area (Å²) in [6.07, 6.45) is 1.04. The van der Waals surface area contributed by atoms with Crippen molar-refractivity contribution in [3.8, 4) is 0 Å². The quantitative estimate of drug-likeness (QED) is 0.414. The highest BCUT2D eigenvalue weighted by Crippen LogP contribution is 2.32. The summed E-state index contributed by atoms with van der Waals surface area (Å²) in [5.74, 6) is -1.27. The highest BCUT2D eigenvalue weighted by molar-refractivity contribution is 5.87. The van der Waals surface area contributed by atoms with Crippen molar-refractivity contribution < 1.29 is 24.7 Å². The van der Waals surface area contributed by atoms with Gasteiger partial charge in [0.1, 0.15) is 0 Å². The molecule has 2 aromatic heterocycles. The SMILES string of the molecule is C[C@]1(C(=O)[O-])Nc2c3[nH]cnc3nc[n+]2[C@](C)(O)[C@H]1O. The molecule has 1 aliphatic heterocycles. The van der Waals surface area contributed by atoms with Crippen LogP contribution >= 0.6 is 0 Å². The number of imidazole rings is 1. The van der Waals surface area contributed by atoms with Crippen LogP contribution in [0.4, 0.5) is 5.82 Å². The predicted molar refractivity (Wildman–Crippen MR) is 63.0 cm³/mol. The van der Waals surface area contributed by atoms with Gasteiger partial charge >= 0.3 is 0 Å². The van der Waals surface area contributed by atoms with E-state index in [4.69, 9.17) is 0 Å². The van der Waals surface area contributed by atoms with E-state index in [9.17, 15) is 20.1 Å². The van der Waals surface area contributed by atoms with Crippen LogP contribution < -0.4 is 15.0 Å². The molecule has 0 aromatic carbocycles. The second kappa shape index (κ2) is 3.64. The number of aliphatic hydroxyl groups excluding tert-OH is 1. The van der Waals surface area contributed by atoms with Gasteiger partial charge in [-0.2, -0.15) is 0 Å². The Bertz CT molecular complexity index is 712. The van der Waals surface area contributed by atoms with Gasteiger partial charge in [-0.3, -0.25) is 5.32 Å². The smallest absolute Gasteiger partial charge is 0.260 e. The molecule has 2 aromatic rings. The standard InChI is InChI=1S/C11H13N5O4/c1-10(9(18)19)8(17)11(2,20)16-4-14-6-5(7(16)15-10)12-3-13-6/h3-4,8,17,20H,1-2H3,(H2,12,13,15,18,19)/t8-,10-,11+/m0/s1. The zero-order valence-corrected chi connectivity index (χ0v) is 10.8. The van der Waals surface area contributed by atoms with Crippen molar-refractivity contribution in [2.75, 3.05) is 5.32 Å². The number of carbonyl (C=O) groups excluding carboxylic acids is 1. The molecule has 0 saturated heterocycles. The molecule has 0 aliphatic carbocycles. The maximum Gasteiger partial charge on any atom is 0.260 e. The fourth-order valence-corrected chi connectivity index (χ4v) is 2.47. The van der Waals surface area contributed by atoms with Gasteiger partial charge in [0.05, 0.1) is 12.3 Å². The van der Waals surface area contributed by atoms with Crippen LogP contribution in [0.15, 0.2) is 12.7 Å². The number of carbonyl (C=O) groups is 1. The van der Waals surface area contributed by atoms with Crippen LogP contribution in [0.1, 0.15) is 13.8 Å². The Morgan fingerprint density at radius 1 is 1.50 bits per heavy atom. The van der Waals surface area contributed by atoms with E-state index in [1.165, 1.54) is 31.1 Å². The van der Waals surface area contributed by atoms with Crippen molar-refractivity contribution in [2.45, 2.75) is 31.2 Å². The van der Waals surface area contributed by atoms with Gasteiger partial charge < -0.3 is 25.1 Å². The number of aliphatic hydroxyl groups is 2. The zero-order chi connectivity index (χ0) is 14.7. The lowest BCUT2D eigenvalue weighted by molar-refractivity contribution is -0.807. The lowest BCUT2D eigenvalue weighted by Crippen LogP contribution is -2.77. The van der Waals surface area contributed by atoms with E-state index in [0.29, 0.717) is 11.2 Å². The Labute approximate surface area is 112 Å². The van der Waals surface area contributed by atoms with E-state index in [1.807, 2.05) is 0 Å². The largest absolute Gasteiger partial charge is 0.546 e. The molecule has 9 heteroatoms. The molecule has 3 atom stereocenters. The van der Waals surface area contributed by atoms with Crippen LogP contribution in [-0.2, 0) is 10.5 Å². The van der Waals surface area contributed by atoms with Gasteiger partial charge in [0.15, 0.2) is 17.2 Å². The minimum absolute atomic E-state index is 0.259. The summed E-state index contributed by atoms with van der Waals surface area (Å²) in [7, 11) is 0. The van der Waals surface area contributed by atoms with Gasteiger partial charge in [0.25, 0.3) is 11.5 Å². The summed E-state index contributed by atoms with van der Waals surface area (Å²) in [6.45, 7) is 2.54. The molecule has 0 unspecified atom stereocenters. The number of nitrogens with zero attached hydrogens (tertiary/aromatic N) is 3. The van der Waals surface area contributed by atoms with Crippen LogP contribution in [0.25, 0.3) is 11.2 Å². The minimum Gasteiger partial charge on any atom is -0.546 e. The lowest BCUT2D eigenvalue weighted by Gasteiger charge is -2.44. The zero-order valence-electron chi connectivity index (χ0n) is 10.8. The molecule has 0 amide bonds. The molecule has 0 fully saturated rings. The number of fused-ring (bicyclic) bond motifs is 3. The number of anilines is 1. The van der Waals surface area contributed by atoms with Gasteiger partial charge in [-0.1, -0.05) is 4.98 Å². The molecule has 0 spiro atoms. The average molecular weight is 279 g/mol. The number of H-pyrrole nitrogens is 1. The summed E-state index contributed by atoms with van der Waals surface area (Å²) in [5, 5.41) is 34.7. The number of carboxylic acid groups (broad SMARTS) is 1. The van der Waals surface area contributed by atoms with Crippen molar-refractivity contribution in [1.82, 2.24) is 15.0 Å². The molecule has 106 valence electrons. The van der Waals surface area contributed by atoms with Crippen molar-refractivity contribution in [3.63, 3.8) is 0 Å². The highest BCUT2D eigenvalue weighted by Gasteiger charge is 2.56. The number of aliphatic carboxylic acids is 1. The molecule has 0 saturated carbocycles. The van der Waals surface area contributed by atoms with E-state index in [0.717, 1.165) is 0 Å². The number of rotatable bonds is 1.